The monoisotopic (exact) mass is 728 g/mol. The van der Waals surface area contributed by atoms with Gasteiger partial charge >= 0.3 is 22.1 Å². The Bertz CT molecular complexity index is 2100. The predicted molar refractivity (Wildman–Crippen MR) is 176 cm³/mol. The highest BCUT2D eigenvalue weighted by molar-refractivity contribution is 7.91. The smallest absolute Gasteiger partial charge is 0.346 e. The summed E-state index contributed by atoms with van der Waals surface area (Å²) < 4.78 is 84.4. The first-order chi connectivity index (χ1) is 23.8. The van der Waals surface area contributed by atoms with Gasteiger partial charge in [-0.2, -0.15) is 21.6 Å². The second-order valence-corrected chi connectivity index (χ2v) is 15.3. The quantitative estimate of drug-likeness (QED) is 0.173. The Kier molecular flexibility index (Phi) is 8.56. The van der Waals surface area contributed by atoms with Gasteiger partial charge in [0.25, 0.3) is 5.91 Å². The Morgan fingerprint density at radius 3 is 2.40 bits per heavy atom. The van der Waals surface area contributed by atoms with Gasteiger partial charge in [0.15, 0.2) is 5.69 Å². The van der Waals surface area contributed by atoms with E-state index in [0.717, 1.165) is 36.4 Å². The first-order valence-corrected chi connectivity index (χ1v) is 17.8. The van der Waals surface area contributed by atoms with Crippen molar-refractivity contribution >= 4 is 39.1 Å². The van der Waals surface area contributed by atoms with Gasteiger partial charge in [-0.15, -0.1) is 3.89 Å². The number of aromatic nitrogens is 2. The predicted octanol–water partition coefficient (Wildman–Crippen LogP) is 6.17. The van der Waals surface area contributed by atoms with Gasteiger partial charge in [0, 0.05) is 41.7 Å². The van der Waals surface area contributed by atoms with E-state index in [1.807, 2.05) is 0 Å². The van der Waals surface area contributed by atoms with Crippen molar-refractivity contribution in [1.82, 2.24) is 24.5 Å². The SMILES string of the molecule is O=C(NCc1ncccc1C(F)(F)F)c1ccc2c(c1)C1(CCNCC1)C(C1CC1)[N+]2(C(=O)c1cnccc1Cl)S(=O)(=O)c1ccc(F)cc1. The lowest BCUT2D eigenvalue weighted by atomic mass is 9.68. The molecule has 2 unspecified atom stereocenters. The van der Waals surface area contributed by atoms with Crippen LogP contribution in [0.15, 0.2) is 84.1 Å². The van der Waals surface area contributed by atoms with Crippen molar-refractivity contribution in [3.63, 3.8) is 0 Å². The molecule has 2 fully saturated rings. The van der Waals surface area contributed by atoms with Crippen LogP contribution in [-0.2, 0) is 28.2 Å². The zero-order valence-corrected chi connectivity index (χ0v) is 28.0. The molecule has 4 aromatic rings. The van der Waals surface area contributed by atoms with Gasteiger partial charge < -0.3 is 10.6 Å². The number of halogens is 5. The molecule has 2 aliphatic heterocycles. The van der Waals surface area contributed by atoms with Crippen LogP contribution in [0.5, 0.6) is 0 Å². The van der Waals surface area contributed by atoms with Gasteiger partial charge in [-0.25, -0.2) is 9.18 Å². The standard InChI is InChI=1S/C35H30ClF4N5O4S/c36-28-11-15-42-19-25(28)33(47)45(50(48,49)24-8-6-23(37)7-9-24)30-10-5-22(32(46)44-20-29-26(35(38,39)40)2-1-14-43-29)18-27(30)34(12-16-41-17-13-34)31(45)21-3-4-21/h1-2,5-11,14-15,18-19,21,31,41H,3-4,12-13,16-17,20H2/p+1. The number of hydrogen-bond donors (Lipinski definition) is 2. The molecule has 1 saturated carbocycles. The van der Waals surface area contributed by atoms with Crippen LogP contribution in [-0.4, -0.2) is 49.3 Å². The van der Waals surface area contributed by atoms with Crippen LogP contribution in [0.4, 0.5) is 23.2 Å². The van der Waals surface area contributed by atoms with Crippen LogP contribution in [0, 0.1) is 11.7 Å². The minimum Gasteiger partial charge on any atom is -0.346 e. The Morgan fingerprint density at radius 2 is 1.74 bits per heavy atom. The first kappa shape index (κ1) is 34.2. The Hall–Kier alpha value is -4.24. The molecule has 2 amide bonds. The molecule has 1 aliphatic carbocycles. The number of pyridine rings is 2. The maximum Gasteiger partial charge on any atom is 0.418 e. The third-order valence-electron chi connectivity index (χ3n) is 10.1. The molecule has 1 saturated heterocycles. The summed E-state index contributed by atoms with van der Waals surface area (Å²) in [6, 6.07) is 11.3. The largest absolute Gasteiger partial charge is 0.418 e. The summed E-state index contributed by atoms with van der Waals surface area (Å²) in [5.41, 5.74) is -1.67. The molecule has 3 aliphatic rings. The summed E-state index contributed by atoms with van der Waals surface area (Å²) in [5, 5.41) is 5.85. The molecular weight excluding hydrogens is 698 g/mol. The summed E-state index contributed by atoms with van der Waals surface area (Å²) in [6.07, 6.45) is 1.31. The number of sulfonamides is 1. The molecule has 0 bridgehead atoms. The molecule has 1 spiro atoms. The number of quaternary nitrogens is 1. The number of carbonyl (C=O) groups excluding carboxylic acids is 2. The maximum absolute atomic E-state index is 15.3. The number of carbonyl (C=O) groups is 2. The third kappa shape index (κ3) is 5.40. The van der Waals surface area contributed by atoms with E-state index in [1.165, 1.54) is 36.8 Å². The van der Waals surface area contributed by atoms with Crippen LogP contribution in [0.1, 0.15) is 63.2 Å². The van der Waals surface area contributed by atoms with Crippen LogP contribution in [0.25, 0.3) is 0 Å². The number of piperidine rings is 1. The summed E-state index contributed by atoms with van der Waals surface area (Å²) in [5.74, 6) is -2.40. The Labute approximate surface area is 290 Å². The molecular formula is C35H31ClF4N5O4S+. The second-order valence-electron chi connectivity index (χ2n) is 12.8. The number of benzene rings is 2. The summed E-state index contributed by atoms with van der Waals surface area (Å²) in [7, 11) is -4.72. The fourth-order valence-electron chi connectivity index (χ4n) is 7.83. The number of amides is 2. The van der Waals surface area contributed by atoms with Crippen molar-refractivity contribution in [2.75, 3.05) is 13.1 Å². The zero-order valence-electron chi connectivity index (χ0n) is 26.4. The highest BCUT2D eigenvalue weighted by atomic mass is 35.5. The minimum absolute atomic E-state index is 0.00269. The number of nitrogens with one attached hydrogen (secondary N) is 2. The summed E-state index contributed by atoms with van der Waals surface area (Å²) in [4.78, 5) is 36.4. The highest BCUT2D eigenvalue weighted by Crippen LogP contribution is 2.63. The average molecular weight is 729 g/mol. The van der Waals surface area contributed by atoms with E-state index >= 15 is 13.2 Å². The molecule has 50 heavy (non-hydrogen) atoms. The van der Waals surface area contributed by atoms with Crippen molar-refractivity contribution in [3.8, 4) is 0 Å². The molecule has 260 valence electrons. The van der Waals surface area contributed by atoms with Crippen LogP contribution < -0.4 is 14.5 Å². The van der Waals surface area contributed by atoms with E-state index in [0.29, 0.717) is 44.3 Å². The number of fused-ring (bicyclic) bond motifs is 2. The Balaban J connectivity index is 1.43. The van der Waals surface area contributed by atoms with Crippen molar-refractivity contribution in [2.45, 2.75) is 54.8 Å². The fourth-order valence-corrected chi connectivity index (χ4v) is 10.2. The van der Waals surface area contributed by atoms with E-state index in [-0.39, 0.29) is 38.3 Å². The lowest BCUT2D eigenvalue weighted by molar-refractivity contribution is -0.138. The molecule has 2 atom stereocenters. The van der Waals surface area contributed by atoms with E-state index < -0.39 is 61.3 Å². The van der Waals surface area contributed by atoms with Crippen molar-refractivity contribution in [2.24, 2.45) is 5.92 Å². The zero-order chi connectivity index (χ0) is 35.5. The van der Waals surface area contributed by atoms with Crippen LogP contribution in [0.2, 0.25) is 5.02 Å². The lowest BCUT2D eigenvalue weighted by Gasteiger charge is -2.44. The first-order valence-electron chi connectivity index (χ1n) is 16.0. The van der Waals surface area contributed by atoms with Crippen LogP contribution >= 0.6 is 11.6 Å². The molecule has 15 heteroatoms. The van der Waals surface area contributed by atoms with Crippen molar-refractivity contribution in [3.05, 3.63) is 118 Å². The summed E-state index contributed by atoms with van der Waals surface area (Å²) >= 11 is 6.56. The topological polar surface area (TPSA) is 118 Å². The number of alkyl halides is 3. The van der Waals surface area contributed by atoms with Gasteiger partial charge in [0.2, 0.25) is 0 Å². The number of hydrogen-bond acceptors (Lipinski definition) is 7. The molecule has 9 nitrogen and oxygen atoms in total. The lowest BCUT2D eigenvalue weighted by Crippen LogP contribution is -2.67. The van der Waals surface area contributed by atoms with E-state index in [9.17, 15) is 22.4 Å². The molecule has 2 N–H and O–H groups in total. The Morgan fingerprint density at radius 1 is 1.02 bits per heavy atom. The van der Waals surface area contributed by atoms with Gasteiger partial charge in [0.05, 0.1) is 28.2 Å². The van der Waals surface area contributed by atoms with Crippen molar-refractivity contribution < 1.29 is 35.6 Å². The van der Waals surface area contributed by atoms with Gasteiger partial charge in [0.1, 0.15) is 22.3 Å². The minimum atomic E-state index is -4.72. The highest BCUT2D eigenvalue weighted by Gasteiger charge is 2.74. The van der Waals surface area contributed by atoms with Gasteiger partial charge in [-0.3, -0.25) is 14.8 Å². The molecule has 4 heterocycles. The van der Waals surface area contributed by atoms with Crippen LogP contribution in [0.3, 0.4) is 0 Å². The second kappa shape index (κ2) is 12.5. The fraction of sp³-hybridized carbons (Fsp3) is 0.314. The summed E-state index contributed by atoms with van der Waals surface area (Å²) in [6.45, 7) is 0.483. The molecule has 7 rings (SSSR count). The molecule has 2 aromatic carbocycles. The number of rotatable bonds is 7. The number of nitrogens with zero attached hydrogens (tertiary/aromatic N) is 3. The van der Waals surface area contributed by atoms with E-state index in [1.54, 1.807) is 6.07 Å². The maximum atomic E-state index is 15.3. The van der Waals surface area contributed by atoms with Gasteiger partial charge in [-0.1, -0.05) is 11.6 Å². The van der Waals surface area contributed by atoms with Crippen molar-refractivity contribution in [1.29, 1.82) is 0 Å². The van der Waals surface area contributed by atoms with E-state index in [2.05, 4.69) is 20.6 Å². The average Bonchev–Trinajstić information content (AvgIpc) is 3.91. The van der Waals surface area contributed by atoms with E-state index in [4.69, 9.17) is 11.6 Å². The molecule has 2 aromatic heterocycles. The molecule has 0 radical (unpaired) electrons. The third-order valence-corrected chi connectivity index (χ3v) is 12.6. The van der Waals surface area contributed by atoms with Gasteiger partial charge in [-0.05, 0) is 93.4 Å². The normalized spacial score (nSPS) is 21.5.